The number of benzene rings is 2. The van der Waals surface area contributed by atoms with E-state index < -0.39 is 35.0 Å². The summed E-state index contributed by atoms with van der Waals surface area (Å²) in [6.07, 6.45) is 2.64. The Morgan fingerprint density at radius 1 is 0.868 bits per heavy atom. The number of amides is 5. The maximum Gasteiger partial charge on any atom is 0.270 e. The number of likely N-dealkylation sites (N-methyl/N-ethyl adjacent to an activating group) is 2. The van der Waals surface area contributed by atoms with E-state index in [4.69, 9.17) is 4.74 Å². The number of nitrogens with one attached hydrogen (secondary N) is 3. The van der Waals surface area contributed by atoms with Gasteiger partial charge in [-0.05, 0) is 71.2 Å². The second-order valence-corrected chi connectivity index (χ2v) is 15.6. The van der Waals surface area contributed by atoms with Crippen molar-refractivity contribution in [1.82, 2.24) is 25.4 Å². The van der Waals surface area contributed by atoms with Gasteiger partial charge in [-0.1, -0.05) is 52.8 Å². The van der Waals surface area contributed by atoms with Crippen molar-refractivity contribution in [2.45, 2.75) is 72.9 Å². The number of aromatic nitrogens is 1. The summed E-state index contributed by atoms with van der Waals surface area (Å²) >= 11 is 0. The molecular formula is C40H51FN6O6. The second-order valence-electron chi connectivity index (χ2n) is 15.6. The van der Waals surface area contributed by atoms with Gasteiger partial charge in [0.2, 0.25) is 17.7 Å². The van der Waals surface area contributed by atoms with Crippen LogP contribution in [0.3, 0.4) is 0 Å². The molecule has 7 rings (SSSR count). The van der Waals surface area contributed by atoms with Crippen molar-refractivity contribution >= 4 is 35.2 Å². The lowest BCUT2D eigenvalue weighted by Crippen LogP contribution is -2.46. The normalized spacial score (nSPS) is 18.8. The van der Waals surface area contributed by atoms with Crippen molar-refractivity contribution in [2.24, 2.45) is 10.8 Å². The number of nitrogens with zero attached hydrogens (tertiary/aromatic N) is 3. The van der Waals surface area contributed by atoms with Crippen LogP contribution in [0.5, 0.6) is 5.75 Å². The summed E-state index contributed by atoms with van der Waals surface area (Å²) in [5.74, 6) is -2.25. The van der Waals surface area contributed by atoms with Gasteiger partial charge in [0.25, 0.3) is 11.8 Å². The predicted molar refractivity (Wildman–Crippen MR) is 200 cm³/mol. The van der Waals surface area contributed by atoms with Crippen LogP contribution in [-0.4, -0.2) is 84.2 Å². The molecule has 1 atom stereocenters. The molecular weight excluding hydrogens is 679 g/mol. The van der Waals surface area contributed by atoms with E-state index in [9.17, 15) is 28.4 Å². The highest BCUT2D eigenvalue weighted by atomic mass is 19.1. The molecule has 53 heavy (non-hydrogen) atoms. The first-order valence-corrected chi connectivity index (χ1v) is 17.7. The van der Waals surface area contributed by atoms with Crippen LogP contribution in [-0.2, 0) is 27.3 Å². The van der Waals surface area contributed by atoms with Crippen molar-refractivity contribution in [1.29, 1.82) is 0 Å². The van der Waals surface area contributed by atoms with Gasteiger partial charge in [-0.25, -0.2) is 9.37 Å². The third-order valence-corrected chi connectivity index (χ3v) is 8.90. The zero-order chi connectivity index (χ0) is 38.9. The molecule has 2 aromatic carbocycles. The SMILES string of the molecule is CN1CCOc2ccc(nc2)C(=O)NCc2ccc(F)c(c2)C(=O)N[C@@H](CC(C)(C)C)C(=O)Nc2ccc(cc2)CCN(C)C(=O)CC(C)(C)CC1=O. The first-order valence-electron chi connectivity index (χ1n) is 17.7. The van der Waals surface area contributed by atoms with Gasteiger partial charge in [-0.2, -0.15) is 0 Å². The van der Waals surface area contributed by atoms with Gasteiger partial charge in [0.1, 0.15) is 29.9 Å². The van der Waals surface area contributed by atoms with Gasteiger partial charge in [0.05, 0.1) is 18.3 Å². The third-order valence-electron chi connectivity index (χ3n) is 8.90. The molecule has 0 spiro atoms. The number of pyridine rings is 1. The molecule has 0 fully saturated rings. The molecule has 3 aromatic rings. The summed E-state index contributed by atoms with van der Waals surface area (Å²) in [7, 11) is 3.42. The minimum absolute atomic E-state index is 0.0111. The van der Waals surface area contributed by atoms with Gasteiger partial charge in [0, 0.05) is 45.7 Å². The predicted octanol–water partition coefficient (Wildman–Crippen LogP) is 4.98. The maximum atomic E-state index is 15.0. The number of halogens is 1. The van der Waals surface area contributed by atoms with Crippen LogP contribution in [0.25, 0.3) is 0 Å². The molecule has 5 heterocycles. The average Bonchev–Trinajstić information content (AvgIpc) is 3.09. The molecule has 3 N–H and O–H groups in total. The summed E-state index contributed by atoms with van der Waals surface area (Å²) in [5, 5.41) is 8.30. The molecule has 1 aromatic heterocycles. The van der Waals surface area contributed by atoms with Gasteiger partial charge in [0.15, 0.2) is 0 Å². The Hall–Kier alpha value is -5.33. The summed E-state index contributed by atoms with van der Waals surface area (Å²) in [4.78, 5) is 73.3. The minimum atomic E-state index is -0.979. The second kappa shape index (κ2) is 17.5. The Bertz CT molecular complexity index is 1790. The number of hydrogen-bond acceptors (Lipinski definition) is 7. The lowest BCUT2D eigenvalue weighted by molar-refractivity contribution is -0.135. The molecule has 284 valence electrons. The Morgan fingerprint density at radius 3 is 2.13 bits per heavy atom. The van der Waals surface area contributed by atoms with E-state index in [1.807, 2.05) is 46.8 Å². The van der Waals surface area contributed by atoms with E-state index >= 15 is 0 Å². The fraction of sp³-hybridized carbons (Fsp3) is 0.450. The number of anilines is 1. The van der Waals surface area contributed by atoms with Gasteiger partial charge < -0.3 is 30.5 Å². The smallest absolute Gasteiger partial charge is 0.270 e. The Balaban J connectivity index is 1.56. The van der Waals surface area contributed by atoms with Gasteiger partial charge in [-0.15, -0.1) is 0 Å². The molecule has 0 aliphatic carbocycles. The Labute approximate surface area is 310 Å². The van der Waals surface area contributed by atoms with Crippen LogP contribution in [0.1, 0.15) is 85.9 Å². The van der Waals surface area contributed by atoms with E-state index in [0.29, 0.717) is 36.5 Å². The summed E-state index contributed by atoms with van der Waals surface area (Å²) in [6.45, 7) is 10.6. The van der Waals surface area contributed by atoms with E-state index in [2.05, 4.69) is 20.9 Å². The molecule has 4 aliphatic heterocycles. The van der Waals surface area contributed by atoms with Crippen molar-refractivity contribution < 1.29 is 33.1 Å². The highest BCUT2D eigenvalue weighted by molar-refractivity contribution is 6.01. The van der Waals surface area contributed by atoms with E-state index in [1.165, 1.54) is 24.4 Å². The molecule has 0 radical (unpaired) electrons. The van der Waals surface area contributed by atoms with Crippen LogP contribution in [0.2, 0.25) is 0 Å². The highest BCUT2D eigenvalue weighted by Crippen LogP contribution is 2.27. The number of carbonyl (C=O) groups is 5. The maximum absolute atomic E-state index is 15.0. The molecule has 12 nitrogen and oxygen atoms in total. The zero-order valence-corrected chi connectivity index (χ0v) is 31.7. The van der Waals surface area contributed by atoms with Gasteiger partial charge >= 0.3 is 0 Å². The molecule has 0 unspecified atom stereocenters. The van der Waals surface area contributed by atoms with Crippen molar-refractivity contribution in [3.05, 3.63) is 89.0 Å². The summed E-state index contributed by atoms with van der Waals surface area (Å²) in [5.41, 5.74) is 0.864. The van der Waals surface area contributed by atoms with Gasteiger partial charge in [-0.3, -0.25) is 24.0 Å². The Kier molecular flexibility index (Phi) is 13.3. The zero-order valence-electron chi connectivity index (χ0n) is 31.7. The monoisotopic (exact) mass is 730 g/mol. The number of carbonyl (C=O) groups excluding carboxylic acids is 5. The Morgan fingerprint density at radius 2 is 1.51 bits per heavy atom. The van der Waals surface area contributed by atoms with Crippen LogP contribution >= 0.6 is 0 Å². The van der Waals surface area contributed by atoms with Crippen LogP contribution < -0.4 is 20.7 Å². The minimum Gasteiger partial charge on any atom is -0.490 e. The van der Waals surface area contributed by atoms with E-state index in [1.54, 1.807) is 42.1 Å². The molecule has 13 heteroatoms. The largest absolute Gasteiger partial charge is 0.490 e. The fourth-order valence-corrected chi connectivity index (χ4v) is 5.77. The van der Waals surface area contributed by atoms with Crippen molar-refractivity contribution in [3.8, 4) is 5.75 Å². The summed E-state index contributed by atoms with van der Waals surface area (Å²) in [6, 6.07) is 13.3. The quantitative estimate of drug-likeness (QED) is 0.320. The van der Waals surface area contributed by atoms with E-state index in [-0.39, 0.29) is 60.9 Å². The van der Waals surface area contributed by atoms with E-state index in [0.717, 1.165) is 11.6 Å². The topological polar surface area (TPSA) is 150 Å². The number of ether oxygens (including phenoxy) is 1. The molecule has 0 saturated heterocycles. The number of rotatable bonds is 1. The lowest BCUT2D eigenvalue weighted by atomic mass is 9.84. The third kappa shape index (κ3) is 12.4. The highest BCUT2D eigenvalue weighted by Gasteiger charge is 2.30. The molecule has 4 aliphatic rings. The lowest BCUT2D eigenvalue weighted by Gasteiger charge is -2.28. The first-order chi connectivity index (χ1) is 24.9. The average molecular weight is 731 g/mol. The number of hydrogen-bond donors (Lipinski definition) is 3. The van der Waals surface area contributed by atoms with Crippen molar-refractivity contribution in [2.75, 3.05) is 39.1 Å². The van der Waals surface area contributed by atoms with Crippen molar-refractivity contribution in [3.63, 3.8) is 0 Å². The summed E-state index contributed by atoms with van der Waals surface area (Å²) < 4.78 is 20.7. The van der Waals surface area contributed by atoms with Crippen LogP contribution in [0.15, 0.2) is 60.8 Å². The fourth-order valence-electron chi connectivity index (χ4n) is 5.77. The first kappa shape index (κ1) is 40.4. The molecule has 0 saturated carbocycles. The molecule has 6 bridgehead atoms. The molecule has 5 amide bonds. The van der Waals surface area contributed by atoms with Crippen LogP contribution in [0, 0.1) is 16.6 Å². The van der Waals surface area contributed by atoms with Crippen LogP contribution in [0.4, 0.5) is 10.1 Å². The standard InChI is InChI=1S/C40H51FN6O6/c1-39(2,3)21-33-38(52)44-28-11-8-26(9-12-28)16-17-46(6)34(48)22-40(4,5)23-35(49)47(7)18-19-53-29-13-15-32(42-25-29)37(51)43-24-27-10-14-31(41)30(20-27)36(50)45-33/h8-15,20,25,33H,16-19,21-24H2,1-7H3,(H,43,51)(H,44,52)(H,45,50)/t33-/m0/s1.